The van der Waals surface area contributed by atoms with Crippen LogP contribution in [0, 0.1) is 18.3 Å². The van der Waals surface area contributed by atoms with Crippen LogP contribution in [0.1, 0.15) is 18.1 Å². The molecule has 3 rings (SSSR count). The molecule has 0 atom stereocenters. The highest BCUT2D eigenvalue weighted by Gasteiger charge is 2.24. The number of rotatable bonds is 4. The molecular weight excluding hydrogens is 358 g/mol. The van der Waals surface area contributed by atoms with Crippen LogP contribution in [-0.2, 0) is 9.53 Å². The smallest absolute Gasteiger partial charge is 0.348 e. The number of carbonyl (C=O) groups excluding carboxylic acids is 1. The predicted octanol–water partition coefficient (Wildman–Crippen LogP) is -0.192. The molecule has 0 saturated carbocycles. The molecule has 1 aliphatic heterocycles. The maximum Gasteiger partial charge on any atom is 0.348 e. The number of carbonyl (C=O) groups is 1. The normalized spacial score (nSPS) is 15.5. The molecule has 0 unspecified atom stereocenters. The Labute approximate surface area is 163 Å². The number of hydrogen-bond donors (Lipinski definition) is 1. The van der Waals surface area contributed by atoms with E-state index in [0.717, 1.165) is 31.7 Å². The summed E-state index contributed by atoms with van der Waals surface area (Å²) in [6, 6.07) is 5.52. The van der Waals surface area contributed by atoms with Crippen LogP contribution in [0.15, 0.2) is 28.7 Å². The summed E-state index contributed by atoms with van der Waals surface area (Å²) < 4.78 is 6.39. The lowest BCUT2D eigenvalue weighted by atomic mass is 10.1. The zero-order valence-corrected chi connectivity index (χ0v) is 16.4. The third kappa shape index (κ3) is 3.75. The molecular formula is C20H24N5O3+. The van der Waals surface area contributed by atoms with E-state index in [9.17, 15) is 14.9 Å². The molecule has 1 fully saturated rings. The van der Waals surface area contributed by atoms with Gasteiger partial charge >= 0.3 is 5.97 Å². The molecule has 0 aromatic carbocycles. The number of fused-ring (bicyclic) bond motifs is 1. The van der Waals surface area contributed by atoms with E-state index in [1.54, 1.807) is 19.2 Å². The van der Waals surface area contributed by atoms with Crippen LogP contribution in [0.5, 0.6) is 0 Å². The second-order valence-corrected chi connectivity index (χ2v) is 6.87. The van der Waals surface area contributed by atoms with Gasteiger partial charge in [-0.05, 0) is 31.6 Å². The van der Waals surface area contributed by atoms with Crippen LogP contribution in [0.25, 0.3) is 11.7 Å². The fraction of sp³-hybridized carbons (Fsp3) is 0.400. The molecule has 1 N–H and O–H groups in total. The Bertz CT molecular complexity index is 1030. The van der Waals surface area contributed by atoms with Crippen molar-refractivity contribution in [2.45, 2.75) is 13.8 Å². The van der Waals surface area contributed by atoms with Crippen molar-refractivity contribution in [3.8, 4) is 6.07 Å². The van der Waals surface area contributed by atoms with E-state index in [2.05, 4.69) is 7.05 Å². The van der Waals surface area contributed by atoms with Crippen molar-refractivity contribution >= 4 is 23.5 Å². The summed E-state index contributed by atoms with van der Waals surface area (Å²) in [5.74, 6) is -0.239. The second-order valence-electron chi connectivity index (χ2n) is 6.87. The minimum atomic E-state index is -0.743. The Kier molecular flexibility index (Phi) is 5.76. The van der Waals surface area contributed by atoms with Crippen LogP contribution in [0.2, 0.25) is 0 Å². The number of ether oxygens (including phenoxy) is 1. The Hall–Kier alpha value is -3.18. The monoisotopic (exact) mass is 382 g/mol. The number of quaternary nitrogens is 1. The molecule has 8 nitrogen and oxygen atoms in total. The molecule has 2 aromatic heterocycles. The number of nitriles is 1. The molecule has 1 aliphatic rings. The highest BCUT2D eigenvalue weighted by molar-refractivity contribution is 5.98. The van der Waals surface area contributed by atoms with Crippen molar-refractivity contribution < 1.29 is 14.4 Å². The maximum atomic E-state index is 13.2. The highest BCUT2D eigenvalue weighted by Crippen LogP contribution is 2.20. The zero-order valence-electron chi connectivity index (χ0n) is 16.4. The molecule has 8 heteroatoms. The van der Waals surface area contributed by atoms with Crippen molar-refractivity contribution in [1.29, 1.82) is 5.26 Å². The third-order valence-electron chi connectivity index (χ3n) is 4.89. The standard InChI is InChI=1S/C20H23N5O3/c1-4-28-20(27)15(13-21)12-16-18(24-10-8-23(3)9-11-24)22-17-14(2)6-5-7-25(17)19(16)26/h5-7,12H,4,8-11H2,1-3H3/p+1/b15-12+. The molecule has 146 valence electrons. The topological polar surface area (TPSA) is 92.1 Å². The quantitative estimate of drug-likeness (QED) is 0.448. The maximum absolute atomic E-state index is 13.2. The number of aromatic nitrogens is 2. The molecule has 1 saturated heterocycles. The van der Waals surface area contributed by atoms with Crippen molar-refractivity contribution in [3.05, 3.63) is 45.4 Å². The number of aryl methyl sites for hydroxylation is 1. The lowest BCUT2D eigenvalue weighted by Crippen LogP contribution is -3.12. The van der Waals surface area contributed by atoms with Gasteiger partial charge in [0.05, 0.1) is 45.4 Å². The second kappa shape index (κ2) is 8.23. The van der Waals surface area contributed by atoms with Gasteiger partial charge < -0.3 is 14.5 Å². The summed E-state index contributed by atoms with van der Waals surface area (Å²) in [6.07, 6.45) is 2.95. The van der Waals surface area contributed by atoms with Gasteiger partial charge in [0, 0.05) is 6.20 Å². The summed E-state index contributed by atoms with van der Waals surface area (Å²) in [7, 11) is 2.12. The van der Waals surface area contributed by atoms with Crippen LogP contribution in [-0.4, -0.2) is 55.2 Å². The van der Waals surface area contributed by atoms with Crippen molar-refractivity contribution in [2.24, 2.45) is 0 Å². The first-order chi connectivity index (χ1) is 13.5. The van der Waals surface area contributed by atoms with Crippen LogP contribution >= 0.6 is 0 Å². The number of esters is 1. The zero-order chi connectivity index (χ0) is 20.3. The molecule has 0 amide bonds. The van der Waals surface area contributed by atoms with Gasteiger partial charge in [-0.3, -0.25) is 9.20 Å². The van der Waals surface area contributed by atoms with Crippen molar-refractivity contribution in [1.82, 2.24) is 9.38 Å². The number of nitrogens with one attached hydrogen (secondary N) is 1. The van der Waals surface area contributed by atoms with Gasteiger partial charge in [-0.15, -0.1) is 0 Å². The largest absolute Gasteiger partial charge is 0.462 e. The fourth-order valence-electron chi connectivity index (χ4n) is 3.26. The number of likely N-dealkylation sites (N-methyl/N-ethyl adjacent to an activating group) is 1. The number of anilines is 1. The van der Waals surface area contributed by atoms with E-state index in [4.69, 9.17) is 9.72 Å². The molecule has 0 spiro atoms. The molecule has 2 aromatic rings. The first kappa shape index (κ1) is 19.6. The van der Waals surface area contributed by atoms with E-state index in [-0.39, 0.29) is 23.3 Å². The van der Waals surface area contributed by atoms with Crippen LogP contribution in [0.4, 0.5) is 5.82 Å². The summed E-state index contributed by atoms with van der Waals surface area (Å²) in [4.78, 5) is 33.5. The SMILES string of the molecule is CCOC(=O)/C(C#N)=C/c1c(N2CC[NH+](C)CC2)nc2c(C)cccn2c1=O. The van der Waals surface area contributed by atoms with Gasteiger partial charge in [-0.1, -0.05) is 6.07 Å². The Morgan fingerprint density at radius 2 is 2.14 bits per heavy atom. The lowest BCUT2D eigenvalue weighted by molar-refractivity contribution is -0.880. The van der Waals surface area contributed by atoms with Gasteiger partial charge in [0.15, 0.2) is 0 Å². The van der Waals surface area contributed by atoms with E-state index < -0.39 is 5.97 Å². The minimum Gasteiger partial charge on any atom is -0.462 e. The molecule has 28 heavy (non-hydrogen) atoms. The lowest BCUT2D eigenvalue weighted by Gasteiger charge is -2.31. The Balaban J connectivity index is 2.23. The summed E-state index contributed by atoms with van der Waals surface area (Å²) >= 11 is 0. The third-order valence-corrected chi connectivity index (χ3v) is 4.89. The van der Waals surface area contributed by atoms with Gasteiger partial charge in [0.2, 0.25) is 0 Å². The minimum absolute atomic E-state index is 0.153. The van der Waals surface area contributed by atoms with Gasteiger partial charge in [0.1, 0.15) is 23.1 Å². The number of pyridine rings is 1. The Morgan fingerprint density at radius 1 is 1.43 bits per heavy atom. The molecule has 0 radical (unpaired) electrons. The molecule has 0 bridgehead atoms. The first-order valence-electron chi connectivity index (χ1n) is 9.33. The molecule has 3 heterocycles. The van der Waals surface area contributed by atoms with E-state index >= 15 is 0 Å². The van der Waals surface area contributed by atoms with Crippen molar-refractivity contribution in [2.75, 3.05) is 44.7 Å². The summed E-state index contributed by atoms with van der Waals surface area (Å²) in [5, 5.41) is 9.40. The number of piperazine rings is 1. The Morgan fingerprint density at radius 3 is 2.79 bits per heavy atom. The van der Waals surface area contributed by atoms with Crippen LogP contribution in [0.3, 0.4) is 0 Å². The summed E-state index contributed by atoms with van der Waals surface area (Å²) in [5.41, 5.74) is 1.15. The fourth-order valence-corrected chi connectivity index (χ4v) is 3.26. The van der Waals surface area contributed by atoms with Gasteiger partial charge in [-0.2, -0.15) is 5.26 Å². The molecule has 0 aliphatic carbocycles. The van der Waals surface area contributed by atoms with Crippen molar-refractivity contribution in [3.63, 3.8) is 0 Å². The first-order valence-corrected chi connectivity index (χ1v) is 9.33. The number of nitrogens with zero attached hydrogens (tertiary/aromatic N) is 4. The van der Waals surface area contributed by atoms with E-state index in [1.165, 1.54) is 15.4 Å². The average molecular weight is 382 g/mol. The van der Waals surface area contributed by atoms with E-state index in [0.29, 0.717) is 11.5 Å². The van der Waals surface area contributed by atoms with Gasteiger partial charge in [-0.25, -0.2) is 9.78 Å². The summed E-state index contributed by atoms with van der Waals surface area (Å²) in [6.45, 7) is 7.03. The number of hydrogen-bond acceptors (Lipinski definition) is 6. The van der Waals surface area contributed by atoms with Gasteiger partial charge in [0.25, 0.3) is 5.56 Å². The average Bonchev–Trinajstić information content (AvgIpc) is 2.68. The highest BCUT2D eigenvalue weighted by atomic mass is 16.5. The van der Waals surface area contributed by atoms with E-state index in [1.807, 2.05) is 24.0 Å². The van der Waals surface area contributed by atoms with Crippen LogP contribution < -0.4 is 15.4 Å². The predicted molar refractivity (Wildman–Crippen MR) is 105 cm³/mol.